The third-order valence-electron chi connectivity index (χ3n) is 5.83. The number of likely N-dealkylation sites (N-methyl/N-ethyl adjacent to an activating group) is 1. The Balaban J connectivity index is 1.47. The maximum atomic E-state index is 13.8. The summed E-state index contributed by atoms with van der Waals surface area (Å²) in [7, 11) is 1.73. The summed E-state index contributed by atoms with van der Waals surface area (Å²) in [5, 5.41) is 2.97. The first-order valence-corrected chi connectivity index (χ1v) is 12.6. The predicted octanol–water partition coefficient (Wildman–Crippen LogP) is 5.97. The second-order valence-electron chi connectivity index (χ2n) is 7.94. The van der Waals surface area contributed by atoms with E-state index in [2.05, 4.69) is 4.98 Å². The van der Waals surface area contributed by atoms with E-state index in [1.54, 1.807) is 16.8 Å². The minimum Gasteiger partial charge on any atom is -0.311 e. The zero-order valence-corrected chi connectivity index (χ0v) is 20.2. The van der Waals surface area contributed by atoms with Gasteiger partial charge < -0.3 is 4.90 Å². The number of aromatic nitrogens is 1. The first-order chi connectivity index (χ1) is 17.1. The summed E-state index contributed by atoms with van der Waals surface area (Å²) < 4.78 is 0. The number of nitrogens with zero attached hydrogens (tertiary/aromatic N) is 4. The molecule has 0 radical (unpaired) electrons. The van der Waals surface area contributed by atoms with Crippen molar-refractivity contribution in [1.82, 2.24) is 4.98 Å². The maximum Gasteiger partial charge on any atom is 0.272 e. The molecule has 3 aromatic carbocycles. The maximum absolute atomic E-state index is 13.8. The quantitative estimate of drug-likeness (QED) is 0.329. The number of hydrogen-bond acceptors (Lipinski definition) is 6. The first kappa shape index (κ1) is 21.5. The highest BCUT2D eigenvalue weighted by Crippen LogP contribution is 2.45. The van der Waals surface area contributed by atoms with Crippen molar-refractivity contribution >= 4 is 62.2 Å². The summed E-state index contributed by atoms with van der Waals surface area (Å²) in [5.41, 5.74) is 4.47. The average molecular weight is 495 g/mol. The Kier molecular flexibility index (Phi) is 5.32. The van der Waals surface area contributed by atoms with Crippen molar-refractivity contribution in [1.29, 1.82) is 0 Å². The summed E-state index contributed by atoms with van der Waals surface area (Å²) in [5.74, 6) is -0.467. The SMILES string of the molecule is CN1C(=O)/C(=C2\S/C(=N/c3nc(-c4ccccc4)cs3)N(c3ccccc3)C2=O)c2ccccc21. The van der Waals surface area contributed by atoms with Gasteiger partial charge in [-0.2, -0.15) is 4.99 Å². The first-order valence-electron chi connectivity index (χ1n) is 10.9. The standard InChI is InChI=1S/C27H18N4O2S2/c1-30-21-15-9-8-14-19(21)22(24(30)32)23-25(33)31(18-12-6-3-7-13-18)27(35-23)29-26-28-20(16-34-26)17-10-4-2-5-11-17/h2-16H,1H3/b23-22-,29-27+. The third-order valence-corrected chi connectivity index (χ3v) is 7.60. The van der Waals surface area contributed by atoms with Gasteiger partial charge in [0, 0.05) is 23.6 Å². The molecular weight excluding hydrogens is 476 g/mol. The molecule has 0 N–H and O–H groups in total. The van der Waals surface area contributed by atoms with E-state index in [0.717, 1.165) is 22.5 Å². The van der Waals surface area contributed by atoms with Crippen LogP contribution in [0.15, 0.2) is 100 Å². The number of thiazole rings is 1. The number of benzene rings is 3. The second kappa shape index (κ2) is 8.65. The zero-order chi connectivity index (χ0) is 23.9. The molecule has 2 aliphatic rings. The molecule has 1 aromatic heterocycles. The number of rotatable bonds is 3. The molecule has 2 amide bonds. The number of aliphatic imine (C=N–C) groups is 1. The topological polar surface area (TPSA) is 65.9 Å². The minimum atomic E-state index is -0.270. The van der Waals surface area contributed by atoms with E-state index in [4.69, 9.17) is 4.99 Å². The van der Waals surface area contributed by atoms with Crippen molar-refractivity contribution in [2.75, 3.05) is 16.8 Å². The summed E-state index contributed by atoms with van der Waals surface area (Å²) in [6.45, 7) is 0. The highest BCUT2D eigenvalue weighted by molar-refractivity contribution is 8.19. The Morgan fingerprint density at radius 2 is 1.51 bits per heavy atom. The van der Waals surface area contributed by atoms with Crippen molar-refractivity contribution in [2.45, 2.75) is 0 Å². The fourth-order valence-corrected chi connectivity index (χ4v) is 5.96. The van der Waals surface area contributed by atoms with Crippen LogP contribution in [0.2, 0.25) is 0 Å². The molecule has 0 spiro atoms. The molecular formula is C27H18N4O2S2. The molecule has 35 heavy (non-hydrogen) atoms. The minimum absolute atomic E-state index is 0.197. The number of anilines is 2. The smallest absolute Gasteiger partial charge is 0.272 e. The van der Waals surface area contributed by atoms with Crippen molar-refractivity contribution in [3.05, 3.63) is 101 Å². The molecule has 8 heteroatoms. The van der Waals surface area contributed by atoms with Crippen molar-refractivity contribution in [2.24, 2.45) is 4.99 Å². The third kappa shape index (κ3) is 3.67. The van der Waals surface area contributed by atoms with Gasteiger partial charge in [-0.3, -0.25) is 14.5 Å². The second-order valence-corrected chi connectivity index (χ2v) is 9.75. The number of amidine groups is 1. The Bertz CT molecular complexity index is 1530. The lowest BCUT2D eigenvalue weighted by molar-refractivity contribution is -0.115. The fourth-order valence-electron chi connectivity index (χ4n) is 4.13. The molecule has 0 aliphatic carbocycles. The van der Waals surface area contributed by atoms with Crippen LogP contribution in [0.25, 0.3) is 16.8 Å². The molecule has 0 unspecified atom stereocenters. The normalized spacial score (nSPS) is 18.6. The molecule has 3 heterocycles. The van der Waals surface area contributed by atoms with Crippen molar-refractivity contribution < 1.29 is 9.59 Å². The van der Waals surface area contributed by atoms with Crippen LogP contribution in [0.5, 0.6) is 0 Å². The lowest BCUT2D eigenvalue weighted by Crippen LogP contribution is -2.29. The molecule has 6 nitrogen and oxygen atoms in total. The Morgan fingerprint density at radius 1 is 0.829 bits per heavy atom. The molecule has 0 bridgehead atoms. The Morgan fingerprint density at radius 3 is 2.29 bits per heavy atom. The largest absolute Gasteiger partial charge is 0.311 e. The van der Waals surface area contributed by atoms with Gasteiger partial charge in [0.1, 0.15) is 0 Å². The van der Waals surface area contributed by atoms with E-state index in [0.29, 0.717) is 26.5 Å². The molecule has 6 rings (SSSR count). The van der Waals surface area contributed by atoms with E-state index in [1.807, 2.05) is 90.3 Å². The molecule has 170 valence electrons. The highest BCUT2D eigenvalue weighted by atomic mass is 32.2. The summed E-state index contributed by atoms with van der Waals surface area (Å²) in [6.07, 6.45) is 0. The number of thioether (sulfide) groups is 1. The average Bonchev–Trinajstić information content (AvgIpc) is 3.56. The van der Waals surface area contributed by atoms with Gasteiger partial charge in [-0.1, -0.05) is 66.7 Å². The molecule has 0 atom stereocenters. The number of carbonyl (C=O) groups is 2. The molecule has 1 fully saturated rings. The van der Waals surface area contributed by atoms with E-state index >= 15 is 0 Å². The number of fused-ring (bicyclic) bond motifs is 1. The van der Waals surface area contributed by atoms with Crippen LogP contribution in [0.1, 0.15) is 5.56 Å². The van der Waals surface area contributed by atoms with E-state index in [9.17, 15) is 9.59 Å². The van der Waals surface area contributed by atoms with Gasteiger partial charge in [0.15, 0.2) is 5.17 Å². The number of carbonyl (C=O) groups excluding carboxylic acids is 2. The van der Waals surface area contributed by atoms with Gasteiger partial charge in [0.25, 0.3) is 11.8 Å². The van der Waals surface area contributed by atoms with Crippen LogP contribution in [-0.4, -0.2) is 29.0 Å². The predicted molar refractivity (Wildman–Crippen MR) is 143 cm³/mol. The van der Waals surface area contributed by atoms with E-state index in [1.165, 1.54) is 23.1 Å². The van der Waals surface area contributed by atoms with Gasteiger partial charge in [-0.15, -0.1) is 11.3 Å². The zero-order valence-electron chi connectivity index (χ0n) is 18.6. The number of hydrogen-bond donors (Lipinski definition) is 0. The fraction of sp³-hybridized carbons (Fsp3) is 0.0370. The van der Waals surface area contributed by atoms with Crippen LogP contribution in [0.4, 0.5) is 16.5 Å². The van der Waals surface area contributed by atoms with Crippen molar-refractivity contribution in [3.8, 4) is 11.3 Å². The van der Waals surface area contributed by atoms with Gasteiger partial charge in [0.2, 0.25) is 5.13 Å². The lowest BCUT2D eigenvalue weighted by Gasteiger charge is -2.15. The monoisotopic (exact) mass is 494 g/mol. The van der Waals surface area contributed by atoms with Crippen LogP contribution >= 0.6 is 23.1 Å². The Labute approximate surface area is 210 Å². The van der Waals surface area contributed by atoms with E-state index < -0.39 is 0 Å². The van der Waals surface area contributed by atoms with Crippen LogP contribution < -0.4 is 9.80 Å². The number of para-hydroxylation sites is 2. The lowest BCUT2D eigenvalue weighted by atomic mass is 10.1. The van der Waals surface area contributed by atoms with Crippen LogP contribution in [0, 0.1) is 0 Å². The number of amides is 2. The van der Waals surface area contributed by atoms with Crippen LogP contribution in [0.3, 0.4) is 0 Å². The molecule has 1 saturated heterocycles. The molecule has 0 saturated carbocycles. The van der Waals surface area contributed by atoms with Gasteiger partial charge in [0.05, 0.1) is 27.5 Å². The highest BCUT2D eigenvalue weighted by Gasteiger charge is 2.42. The van der Waals surface area contributed by atoms with Gasteiger partial charge in [-0.05, 0) is 30.0 Å². The molecule has 2 aliphatic heterocycles. The summed E-state index contributed by atoms with van der Waals surface area (Å²) >= 11 is 2.62. The van der Waals surface area contributed by atoms with Crippen LogP contribution in [-0.2, 0) is 9.59 Å². The Hall–Kier alpha value is -4.01. The van der Waals surface area contributed by atoms with Gasteiger partial charge >= 0.3 is 0 Å². The van der Waals surface area contributed by atoms with Crippen molar-refractivity contribution in [3.63, 3.8) is 0 Å². The van der Waals surface area contributed by atoms with E-state index in [-0.39, 0.29) is 11.8 Å². The van der Waals surface area contributed by atoms with Gasteiger partial charge in [-0.25, -0.2) is 4.98 Å². The molecule has 4 aromatic rings. The summed E-state index contributed by atoms with van der Waals surface area (Å²) in [4.78, 5) is 39.9. The summed E-state index contributed by atoms with van der Waals surface area (Å²) in [6, 6.07) is 26.8.